The van der Waals surface area contributed by atoms with Crippen molar-refractivity contribution in [2.75, 3.05) is 57.3 Å². The van der Waals surface area contributed by atoms with Gasteiger partial charge in [0.25, 0.3) is 0 Å². The molecule has 0 radical (unpaired) electrons. The molecular weight excluding hydrogens is 380 g/mol. The summed E-state index contributed by atoms with van der Waals surface area (Å²) in [6, 6.07) is 2.68. The molecule has 5 heterocycles. The topological polar surface area (TPSA) is 106 Å². The van der Waals surface area contributed by atoms with Gasteiger partial charge in [0.2, 0.25) is 0 Å². The molecule has 0 bridgehead atoms. The first-order chi connectivity index (χ1) is 14.7. The quantitative estimate of drug-likeness (QED) is 0.737. The molecule has 0 amide bonds. The van der Waals surface area contributed by atoms with Crippen molar-refractivity contribution in [1.82, 2.24) is 30.2 Å². The number of aromatic amines is 1. The lowest BCUT2D eigenvalue weighted by Gasteiger charge is -2.39. The molecule has 2 N–H and O–H groups in total. The van der Waals surface area contributed by atoms with Gasteiger partial charge in [-0.05, 0) is 39.3 Å². The Morgan fingerprint density at radius 2 is 2.03 bits per heavy atom. The summed E-state index contributed by atoms with van der Waals surface area (Å²) in [5.74, 6) is 0.671. The van der Waals surface area contributed by atoms with Gasteiger partial charge in [-0.2, -0.15) is 15.2 Å². The number of hydrogen-bond acceptors (Lipinski definition) is 8. The summed E-state index contributed by atoms with van der Waals surface area (Å²) in [7, 11) is 0. The van der Waals surface area contributed by atoms with Crippen molar-refractivity contribution < 1.29 is 4.74 Å². The van der Waals surface area contributed by atoms with Gasteiger partial charge in [0.1, 0.15) is 29.6 Å². The Labute approximate surface area is 176 Å². The summed E-state index contributed by atoms with van der Waals surface area (Å²) in [4.78, 5) is 21.4. The van der Waals surface area contributed by atoms with Crippen molar-refractivity contribution in [3.05, 3.63) is 17.6 Å². The summed E-state index contributed by atoms with van der Waals surface area (Å²) in [6.07, 6.45) is 5.25. The van der Waals surface area contributed by atoms with Gasteiger partial charge in [0, 0.05) is 43.8 Å². The summed E-state index contributed by atoms with van der Waals surface area (Å²) >= 11 is 0. The SMILES string of the molecule is Cc1[nH]cnc1-c1nc(OCCN2CCCC2)nc(N2CCC3(CNC3)C2)c1C#N. The van der Waals surface area contributed by atoms with Crippen LogP contribution in [0.15, 0.2) is 6.33 Å². The molecule has 30 heavy (non-hydrogen) atoms. The lowest BCUT2D eigenvalue weighted by molar-refractivity contribution is 0.199. The zero-order valence-electron chi connectivity index (χ0n) is 17.4. The van der Waals surface area contributed by atoms with Crippen LogP contribution in [0.2, 0.25) is 0 Å². The van der Waals surface area contributed by atoms with Crippen LogP contribution in [0.1, 0.15) is 30.5 Å². The number of rotatable bonds is 6. The molecule has 5 rings (SSSR count). The van der Waals surface area contributed by atoms with E-state index in [2.05, 4.69) is 36.1 Å². The van der Waals surface area contributed by atoms with Gasteiger partial charge in [-0.15, -0.1) is 0 Å². The van der Waals surface area contributed by atoms with Crippen molar-refractivity contribution in [3.8, 4) is 23.5 Å². The number of hydrogen-bond donors (Lipinski definition) is 2. The first-order valence-electron chi connectivity index (χ1n) is 10.8. The van der Waals surface area contributed by atoms with Crippen molar-refractivity contribution in [3.63, 3.8) is 0 Å². The summed E-state index contributed by atoms with van der Waals surface area (Å²) in [5, 5.41) is 13.4. The Hall–Kier alpha value is -2.70. The van der Waals surface area contributed by atoms with Gasteiger partial charge in [0.15, 0.2) is 5.82 Å². The van der Waals surface area contributed by atoms with Crippen LogP contribution in [0.4, 0.5) is 5.82 Å². The molecule has 2 aromatic rings. The van der Waals surface area contributed by atoms with E-state index in [1.165, 1.54) is 12.8 Å². The standard InChI is InChI=1S/C21H28N8O/c1-15-17(25-14-24-15)18-16(10-22)19(29-7-4-21(13-29)11-23-12-21)27-20(26-18)30-9-8-28-5-2-3-6-28/h14,23H,2-9,11-13H2,1H3,(H,24,25). The Kier molecular flexibility index (Phi) is 5.05. The number of aryl methyl sites for hydroxylation is 1. The third kappa shape index (κ3) is 3.50. The molecule has 0 atom stereocenters. The number of H-pyrrole nitrogens is 1. The molecule has 9 heteroatoms. The predicted octanol–water partition coefficient (Wildman–Crippen LogP) is 1.32. The van der Waals surface area contributed by atoms with E-state index >= 15 is 0 Å². The van der Waals surface area contributed by atoms with E-state index in [9.17, 15) is 5.26 Å². The zero-order chi connectivity index (χ0) is 20.6. The minimum atomic E-state index is 0.302. The molecule has 0 unspecified atom stereocenters. The number of likely N-dealkylation sites (tertiary alicyclic amines) is 1. The molecule has 3 aliphatic heterocycles. The van der Waals surface area contributed by atoms with E-state index in [1.807, 2.05) is 6.92 Å². The number of ether oxygens (including phenoxy) is 1. The maximum absolute atomic E-state index is 10.0. The van der Waals surface area contributed by atoms with Crippen molar-refractivity contribution >= 4 is 5.82 Å². The highest BCUT2D eigenvalue weighted by Crippen LogP contribution is 2.39. The minimum absolute atomic E-state index is 0.302. The monoisotopic (exact) mass is 408 g/mol. The number of imidazole rings is 1. The van der Waals surface area contributed by atoms with E-state index in [0.717, 1.165) is 57.9 Å². The minimum Gasteiger partial charge on any atom is -0.462 e. The van der Waals surface area contributed by atoms with E-state index in [0.29, 0.717) is 40.8 Å². The first-order valence-corrected chi connectivity index (χ1v) is 10.8. The van der Waals surface area contributed by atoms with Crippen LogP contribution in [0, 0.1) is 23.7 Å². The summed E-state index contributed by atoms with van der Waals surface area (Å²) < 4.78 is 5.99. The number of nitrogens with zero attached hydrogens (tertiary/aromatic N) is 6. The molecule has 2 aromatic heterocycles. The Bertz CT molecular complexity index is 954. The third-order valence-corrected chi connectivity index (χ3v) is 6.61. The van der Waals surface area contributed by atoms with Gasteiger partial charge >= 0.3 is 6.01 Å². The fourth-order valence-electron chi connectivity index (χ4n) is 4.75. The van der Waals surface area contributed by atoms with E-state index in [-0.39, 0.29) is 0 Å². The highest BCUT2D eigenvalue weighted by Gasteiger charge is 2.44. The molecular formula is C21H28N8O. The molecule has 0 aliphatic carbocycles. The zero-order valence-corrected chi connectivity index (χ0v) is 17.4. The lowest BCUT2D eigenvalue weighted by atomic mass is 9.81. The molecule has 3 fully saturated rings. The Morgan fingerprint density at radius 1 is 1.20 bits per heavy atom. The van der Waals surface area contributed by atoms with E-state index in [4.69, 9.17) is 9.72 Å². The first kappa shape index (κ1) is 19.3. The number of aromatic nitrogens is 4. The van der Waals surface area contributed by atoms with Gasteiger partial charge in [0.05, 0.1) is 6.33 Å². The average molecular weight is 409 g/mol. The van der Waals surface area contributed by atoms with Crippen LogP contribution in [-0.4, -0.2) is 77.3 Å². The second-order valence-electron chi connectivity index (χ2n) is 8.71. The summed E-state index contributed by atoms with van der Waals surface area (Å²) in [5.41, 5.74) is 2.88. The maximum Gasteiger partial charge on any atom is 0.319 e. The predicted molar refractivity (Wildman–Crippen MR) is 112 cm³/mol. The lowest BCUT2D eigenvalue weighted by Crippen LogP contribution is -2.54. The van der Waals surface area contributed by atoms with Gasteiger partial charge < -0.3 is 19.9 Å². The molecule has 3 saturated heterocycles. The average Bonchev–Trinajstić information content (AvgIpc) is 3.47. The number of nitriles is 1. The van der Waals surface area contributed by atoms with E-state index in [1.54, 1.807) is 6.33 Å². The van der Waals surface area contributed by atoms with Crippen LogP contribution in [-0.2, 0) is 0 Å². The Morgan fingerprint density at radius 3 is 2.67 bits per heavy atom. The maximum atomic E-state index is 10.0. The molecule has 0 aromatic carbocycles. The van der Waals surface area contributed by atoms with Crippen molar-refractivity contribution in [2.24, 2.45) is 5.41 Å². The number of nitrogens with one attached hydrogen (secondary N) is 2. The Balaban J connectivity index is 1.46. The smallest absolute Gasteiger partial charge is 0.319 e. The van der Waals surface area contributed by atoms with Gasteiger partial charge in [-0.1, -0.05) is 0 Å². The molecule has 1 spiro atoms. The molecule has 158 valence electrons. The molecule has 3 aliphatic rings. The normalized spacial score (nSPS) is 20.5. The number of anilines is 1. The van der Waals surface area contributed by atoms with Crippen LogP contribution >= 0.6 is 0 Å². The van der Waals surface area contributed by atoms with Gasteiger partial charge in [-0.3, -0.25) is 4.90 Å². The van der Waals surface area contributed by atoms with Crippen LogP contribution < -0.4 is 15.0 Å². The largest absolute Gasteiger partial charge is 0.462 e. The van der Waals surface area contributed by atoms with E-state index < -0.39 is 0 Å². The fraction of sp³-hybridized carbons (Fsp3) is 0.619. The summed E-state index contributed by atoms with van der Waals surface area (Å²) in [6.45, 7) is 9.45. The molecule has 9 nitrogen and oxygen atoms in total. The third-order valence-electron chi connectivity index (χ3n) is 6.61. The van der Waals surface area contributed by atoms with Gasteiger partial charge in [-0.25, -0.2) is 4.98 Å². The molecule has 0 saturated carbocycles. The highest BCUT2D eigenvalue weighted by molar-refractivity contribution is 5.73. The van der Waals surface area contributed by atoms with Crippen LogP contribution in [0.5, 0.6) is 6.01 Å². The second-order valence-corrected chi connectivity index (χ2v) is 8.71. The van der Waals surface area contributed by atoms with Crippen LogP contribution in [0.25, 0.3) is 11.4 Å². The van der Waals surface area contributed by atoms with Crippen LogP contribution in [0.3, 0.4) is 0 Å². The van der Waals surface area contributed by atoms with Crippen molar-refractivity contribution in [2.45, 2.75) is 26.2 Å². The highest BCUT2D eigenvalue weighted by atomic mass is 16.5. The fourth-order valence-corrected chi connectivity index (χ4v) is 4.75. The van der Waals surface area contributed by atoms with Crippen molar-refractivity contribution in [1.29, 1.82) is 5.26 Å². The second kappa shape index (κ2) is 7.85.